The van der Waals surface area contributed by atoms with Gasteiger partial charge in [0.25, 0.3) is 0 Å². The van der Waals surface area contributed by atoms with E-state index >= 15 is 0 Å². The third-order valence-electron chi connectivity index (χ3n) is 2.92. The van der Waals surface area contributed by atoms with Gasteiger partial charge in [-0.1, -0.05) is 20.8 Å². The molecular weight excluding hydrogens is 286 g/mol. The third kappa shape index (κ3) is 8.57. The van der Waals surface area contributed by atoms with Gasteiger partial charge in [-0.3, -0.25) is 4.79 Å². The smallest absolute Gasteiger partial charge is 0.310 e. The molecule has 0 unspecified atom stereocenters. The minimum absolute atomic E-state index is 0.153. The summed E-state index contributed by atoms with van der Waals surface area (Å²) in [6, 6.07) is -0.153. The van der Waals surface area contributed by atoms with Gasteiger partial charge in [0.2, 0.25) is 0 Å². The van der Waals surface area contributed by atoms with Crippen molar-refractivity contribution in [2.75, 3.05) is 0 Å². The molecule has 0 amide bonds. The van der Waals surface area contributed by atoms with Crippen molar-refractivity contribution in [2.24, 2.45) is 11.8 Å². The highest BCUT2D eigenvalue weighted by molar-refractivity contribution is 7.84. The maximum absolute atomic E-state index is 12.3. The van der Waals surface area contributed by atoms with E-state index in [2.05, 4.69) is 18.6 Å². The van der Waals surface area contributed by atoms with E-state index in [1.54, 1.807) is 0 Å². The summed E-state index contributed by atoms with van der Waals surface area (Å²) >= 11 is 0. The fraction of sp³-hybridized carbons (Fsp3) is 0.938. The fourth-order valence-electron chi connectivity index (χ4n) is 1.74. The maximum Gasteiger partial charge on any atom is 0.310 e. The van der Waals surface area contributed by atoms with Crippen LogP contribution in [-0.4, -0.2) is 26.6 Å². The zero-order chi connectivity index (χ0) is 17.0. The Balaban J connectivity index is 4.98. The van der Waals surface area contributed by atoms with E-state index in [0.29, 0.717) is 5.92 Å². The lowest BCUT2D eigenvalue weighted by Gasteiger charge is -2.30. The molecule has 5 heteroatoms. The molecule has 0 heterocycles. The van der Waals surface area contributed by atoms with Crippen molar-refractivity contribution in [2.45, 2.75) is 85.1 Å². The van der Waals surface area contributed by atoms with Gasteiger partial charge in [0.15, 0.2) is 0 Å². The highest BCUT2D eigenvalue weighted by Crippen LogP contribution is 2.20. The minimum Gasteiger partial charge on any atom is -0.460 e. The number of hydrogen-bond donors (Lipinski definition) is 1. The number of ether oxygens (including phenoxy) is 1. The SMILES string of the molecule is CC(C)C[C@@H](N[S@](=O)C(C)(C)C)[C@H](C)C(=O)OC(C)(C)C. The lowest BCUT2D eigenvalue weighted by molar-refractivity contribution is -0.160. The van der Waals surface area contributed by atoms with E-state index in [1.165, 1.54) is 0 Å². The van der Waals surface area contributed by atoms with E-state index in [-0.39, 0.29) is 22.7 Å². The van der Waals surface area contributed by atoms with E-state index in [1.807, 2.05) is 48.5 Å². The highest BCUT2D eigenvalue weighted by atomic mass is 32.2. The zero-order valence-corrected chi connectivity index (χ0v) is 15.9. The number of hydrogen-bond acceptors (Lipinski definition) is 3. The van der Waals surface area contributed by atoms with Gasteiger partial charge in [-0.25, -0.2) is 8.93 Å². The Labute approximate surface area is 133 Å². The summed E-state index contributed by atoms with van der Waals surface area (Å²) in [5, 5.41) is 0. The molecule has 1 N–H and O–H groups in total. The van der Waals surface area contributed by atoms with Crippen molar-refractivity contribution in [3.8, 4) is 0 Å². The van der Waals surface area contributed by atoms with E-state index < -0.39 is 16.6 Å². The van der Waals surface area contributed by atoms with Gasteiger partial charge in [0, 0.05) is 6.04 Å². The number of nitrogens with one attached hydrogen (secondary N) is 1. The van der Waals surface area contributed by atoms with Crippen molar-refractivity contribution < 1.29 is 13.7 Å². The lowest BCUT2D eigenvalue weighted by Crippen LogP contribution is -2.46. The Morgan fingerprint density at radius 2 is 1.57 bits per heavy atom. The molecule has 0 aliphatic rings. The molecule has 0 aromatic carbocycles. The van der Waals surface area contributed by atoms with Crippen molar-refractivity contribution in [1.82, 2.24) is 4.72 Å². The average Bonchev–Trinajstić information content (AvgIpc) is 2.22. The van der Waals surface area contributed by atoms with Crippen LogP contribution in [0.2, 0.25) is 0 Å². The summed E-state index contributed by atoms with van der Waals surface area (Å²) in [6.07, 6.45) is 0.780. The molecule has 0 fully saturated rings. The molecular formula is C16H33NO3S. The minimum atomic E-state index is -1.20. The first-order chi connectivity index (χ1) is 9.24. The van der Waals surface area contributed by atoms with Crippen molar-refractivity contribution >= 4 is 17.0 Å². The highest BCUT2D eigenvalue weighted by Gasteiger charge is 2.32. The standard InChI is InChI=1S/C16H33NO3S/c1-11(2)10-13(17-21(19)16(7,8)9)12(3)14(18)20-15(4,5)6/h11-13,17H,10H2,1-9H3/t12-,13+,21+/m0/s1. The molecule has 0 saturated carbocycles. The monoisotopic (exact) mass is 319 g/mol. The Hall–Kier alpha value is -0.420. The van der Waals surface area contributed by atoms with E-state index in [4.69, 9.17) is 4.74 Å². The van der Waals surface area contributed by atoms with Crippen molar-refractivity contribution in [3.05, 3.63) is 0 Å². The van der Waals surface area contributed by atoms with Crippen molar-refractivity contribution in [3.63, 3.8) is 0 Å². The molecule has 0 saturated heterocycles. The largest absolute Gasteiger partial charge is 0.460 e. The fourth-order valence-corrected chi connectivity index (χ4v) is 2.66. The quantitative estimate of drug-likeness (QED) is 0.763. The van der Waals surface area contributed by atoms with Gasteiger partial charge in [-0.2, -0.15) is 0 Å². The predicted molar refractivity (Wildman–Crippen MR) is 89.3 cm³/mol. The third-order valence-corrected chi connectivity index (χ3v) is 4.55. The molecule has 0 radical (unpaired) electrons. The average molecular weight is 320 g/mol. The topological polar surface area (TPSA) is 55.4 Å². The first-order valence-electron chi connectivity index (χ1n) is 7.65. The van der Waals surface area contributed by atoms with E-state index in [9.17, 15) is 9.00 Å². The van der Waals surface area contributed by atoms with Crippen LogP contribution < -0.4 is 4.72 Å². The number of carbonyl (C=O) groups excluding carboxylic acids is 1. The first-order valence-corrected chi connectivity index (χ1v) is 8.80. The molecule has 21 heavy (non-hydrogen) atoms. The summed E-state index contributed by atoms with van der Waals surface area (Å²) in [4.78, 5) is 12.3. The summed E-state index contributed by atoms with van der Waals surface area (Å²) in [6.45, 7) is 17.4. The summed E-state index contributed by atoms with van der Waals surface area (Å²) in [5.74, 6) is -0.172. The number of esters is 1. The predicted octanol–water partition coefficient (Wildman–Crippen LogP) is 3.43. The summed E-state index contributed by atoms with van der Waals surface area (Å²) in [5.41, 5.74) is -0.503. The molecule has 0 aliphatic heterocycles. The molecule has 0 aliphatic carbocycles. The zero-order valence-electron chi connectivity index (χ0n) is 15.1. The van der Waals surface area contributed by atoms with E-state index in [0.717, 1.165) is 6.42 Å². The van der Waals surface area contributed by atoms with Crippen LogP contribution in [0.5, 0.6) is 0 Å². The van der Waals surface area contributed by atoms with Crippen molar-refractivity contribution in [1.29, 1.82) is 0 Å². The molecule has 0 aromatic rings. The van der Waals surface area contributed by atoms with Crippen LogP contribution in [-0.2, 0) is 20.5 Å². The van der Waals surface area contributed by atoms with Crippen LogP contribution in [0.3, 0.4) is 0 Å². The molecule has 0 rings (SSSR count). The maximum atomic E-state index is 12.3. The van der Waals surface area contributed by atoms with Gasteiger partial charge in [0.05, 0.1) is 21.7 Å². The Bertz CT molecular complexity index is 367. The summed E-state index contributed by atoms with van der Waals surface area (Å²) in [7, 11) is -1.20. The van der Waals surface area contributed by atoms with Crippen LogP contribution >= 0.6 is 0 Å². The Kier molecular flexibility index (Phi) is 7.57. The second kappa shape index (κ2) is 7.73. The van der Waals surface area contributed by atoms with Crippen LogP contribution in [0.1, 0.15) is 68.7 Å². The van der Waals surface area contributed by atoms with Crippen LogP contribution in [0.15, 0.2) is 0 Å². The number of rotatable bonds is 6. The molecule has 126 valence electrons. The normalized spacial score (nSPS) is 17.4. The van der Waals surface area contributed by atoms with Crippen LogP contribution in [0.4, 0.5) is 0 Å². The molecule has 0 spiro atoms. The van der Waals surface area contributed by atoms with Gasteiger partial charge in [-0.15, -0.1) is 0 Å². The summed E-state index contributed by atoms with van der Waals surface area (Å²) < 4.78 is 20.5. The van der Waals surface area contributed by atoms with Crippen LogP contribution in [0, 0.1) is 11.8 Å². The Morgan fingerprint density at radius 1 is 1.10 bits per heavy atom. The molecule has 0 aromatic heterocycles. The van der Waals surface area contributed by atoms with Gasteiger partial charge in [-0.05, 0) is 53.9 Å². The first kappa shape index (κ1) is 20.6. The second-order valence-corrected chi connectivity index (χ2v) is 10.1. The lowest BCUT2D eigenvalue weighted by atomic mass is 9.94. The Morgan fingerprint density at radius 3 is 1.90 bits per heavy atom. The molecule has 0 bridgehead atoms. The molecule has 3 atom stereocenters. The number of carbonyl (C=O) groups is 1. The van der Waals surface area contributed by atoms with Gasteiger partial charge < -0.3 is 4.74 Å². The molecule has 4 nitrogen and oxygen atoms in total. The van der Waals surface area contributed by atoms with Crippen LogP contribution in [0.25, 0.3) is 0 Å². The van der Waals surface area contributed by atoms with Gasteiger partial charge in [0.1, 0.15) is 5.60 Å². The second-order valence-electron chi connectivity index (χ2n) is 8.06. The van der Waals surface area contributed by atoms with Gasteiger partial charge >= 0.3 is 5.97 Å².